The van der Waals surface area contributed by atoms with Gasteiger partial charge in [0, 0.05) is 0 Å². The summed E-state index contributed by atoms with van der Waals surface area (Å²) in [6, 6.07) is 8.99. The molecule has 1 heterocycles. The van der Waals surface area contributed by atoms with Crippen molar-refractivity contribution in [3.8, 4) is 0 Å². The van der Waals surface area contributed by atoms with Gasteiger partial charge in [0.25, 0.3) is 0 Å². The van der Waals surface area contributed by atoms with Crippen LogP contribution in [0.15, 0.2) is 45.5 Å². The second kappa shape index (κ2) is 6.77. The molecule has 0 radical (unpaired) electrons. The Hall–Kier alpha value is -0.516. The van der Waals surface area contributed by atoms with Gasteiger partial charge in [-0.2, -0.15) is 0 Å². The van der Waals surface area contributed by atoms with Gasteiger partial charge < -0.3 is 0 Å². The molecule has 0 saturated carbocycles. The summed E-state index contributed by atoms with van der Waals surface area (Å²) in [6.07, 6.45) is 2.22. The number of benzene rings is 1. The van der Waals surface area contributed by atoms with Crippen molar-refractivity contribution in [2.24, 2.45) is 0 Å². The zero-order chi connectivity index (χ0) is 16.6. The third kappa shape index (κ3) is 4.12. The number of fused-ring (bicyclic) bond motifs is 1. The molecule has 0 amide bonds. The minimum absolute atomic E-state index is 0.453. The van der Waals surface area contributed by atoms with Gasteiger partial charge in [-0.05, 0) is 0 Å². The van der Waals surface area contributed by atoms with Crippen molar-refractivity contribution < 1.29 is 0 Å². The summed E-state index contributed by atoms with van der Waals surface area (Å²) in [4.78, 5) is 12.5. The van der Waals surface area contributed by atoms with E-state index < -0.39 is 18.4 Å². The molecule has 2 nitrogen and oxygen atoms in total. The molecule has 4 heteroatoms. The van der Waals surface area contributed by atoms with Crippen LogP contribution in [-0.4, -0.2) is 62.2 Å². The van der Waals surface area contributed by atoms with Crippen LogP contribution in [0.25, 0.3) is 0 Å². The number of hydrogen-bond acceptors (Lipinski definition) is 2. The van der Waals surface area contributed by atoms with Gasteiger partial charge in [-0.25, -0.2) is 0 Å². The molecule has 1 aromatic rings. The Morgan fingerprint density at radius 1 is 0.913 bits per heavy atom. The second-order valence-corrected chi connectivity index (χ2v) is 22.6. The first-order chi connectivity index (χ1) is 10.8. The maximum absolute atomic E-state index is 2.69. The molecular formula is C19H29BN2Sn. The predicted molar refractivity (Wildman–Crippen MR) is 104 cm³/mol. The quantitative estimate of drug-likeness (QED) is 0.684. The molecule has 1 fully saturated rings. The molecule has 0 atom stereocenters. The van der Waals surface area contributed by atoms with E-state index in [-0.39, 0.29) is 0 Å². The van der Waals surface area contributed by atoms with Gasteiger partial charge in [0.15, 0.2) is 0 Å². The molecule has 0 N–H and O–H groups in total. The fourth-order valence-corrected chi connectivity index (χ4v) is 7.53. The molecule has 0 aromatic heterocycles. The summed E-state index contributed by atoms with van der Waals surface area (Å²) in [7, 11) is 4.49. The fraction of sp³-hybridized carbons (Fsp3) is 0.474. The summed E-state index contributed by atoms with van der Waals surface area (Å²) in [5, 5.41) is 0. The van der Waals surface area contributed by atoms with Crippen LogP contribution in [0.5, 0.6) is 0 Å². The second-order valence-electron chi connectivity index (χ2n) is 8.22. The molecule has 2 aliphatic rings. The summed E-state index contributed by atoms with van der Waals surface area (Å²) >= 11 is -1.97. The molecular weight excluding hydrogens is 386 g/mol. The topological polar surface area (TPSA) is 6.48 Å². The van der Waals surface area contributed by atoms with Gasteiger partial charge in [-0.3, -0.25) is 0 Å². The Morgan fingerprint density at radius 2 is 1.43 bits per heavy atom. The van der Waals surface area contributed by atoms with Crippen molar-refractivity contribution in [2.75, 3.05) is 27.2 Å². The first kappa shape index (κ1) is 17.3. The van der Waals surface area contributed by atoms with Gasteiger partial charge in [0.05, 0.1) is 0 Å². The van der Waals surface area contributed by atoms with E-state index in [0.29, 0.717) is 6.98 Å². The third-order valence-electron chi connectivity index (χ3n) is 4.96. The average Bonchev–Trinajstić information content (AvgIpc) is 2.78. The number of likely N-dealkylation sites (N-methyl/N-ethyl adjacent to an activating group) is 2. The van der Waals surface area contributed by atoms with E-state index in [9.17, 15) is 0 Å². The summed E-state index contributed by atoms with van der Waals surface area (Å²) < 4.78 is 2.69. The van der Waals surface area contributed by atoms with Crippen LogP contribution in [0.3, 0.4) is 0 Å². The third-order valence-corrected chi connectivity index (χ3v) is 8.43. The fourth-order valence-electron chi connectivity index (χ4n) is 3.72. The molecule has 1 aliphatic carbocycles. The van der Waals surface area contributed by atoms with E-state index in [1.807, 2.05) is 0 Å². The normalized spacial score (nSPS) is 23.8. The first-order valence-corrected chi connectivity index (χ1v) is 18.9. The van der Waals surface area contributed by atoms with Crippen molar-refractivity contribution in [2.45, 2.75) is 27.7 Å². The van der Waals surface area contributed by atoms with Crippen molar-refractivity contribution >= 4 is 25.4 Å². The van der Waals surface area contributed by atoms with Crippen LogP contribution in [0.1, 0.15) is 11.1 Å². The molecule has 0 spiro atoms. The van der Waals surface area contributed by atoms with Crippen LogP contribution < -0.4 is 0 Å². The van der Waals surface area contributed by atoms with Crippen LogP contribution in [0, 0.1) is 0 Å². The van der Waals surface area contributed by atoms with Gasteiger partial charge in [0.1, 0.15) is 0 Å². The molecule has 1 aliphatic heterocycles. The zero-order valence-electron chi connectivity index (χ0n) is 15.3. The van der Waals surface area contributed by atoms with Gasteiger partial charge in [0.2, 0.25) is 0 Å². The van der Waals surface area contributed by atoms with E-state index in [1.165, 1.54) is 24.2 Å². The van der Waals surface area contributed by atoms with Crippen LogP contribution in [-0.2, 0) is 12.8 Å². The molecule has 23 heavy (non-hydrogen) atoms. The van der Waals surface area contributed by atoms with Gasteiger partial charge >= 0.3 is 146 Å². The number of rotatable bonds is 2. The average molecular weight is 415 g/mol. The molecule has 3 rings (SSSR count). The van der Waals surface area contributed by atoms with E-state index >= 15 is 0 Å². The SMILES string of the molecule is CN1CCN(C)B1/C=C1\Cc2ccccc2C\C1=[CH]\[Sn]([CH3])([CH3])[CH3]. The maximum atomic E-state index is 2.69. The van der Waals surface area contributed by atoms with E-state index in [1.54, 1.807) is 11.1 Å². The van der Waals surface area contributed by atoms with Crippen molar-refractivity contribution in [3.05, 3.63) is 56.6 Å². The van der Waals surface area contributed by atoms with E-state index in [4.69, 9.17) is 0 Å². The molecule has 0 bridgehead atoms. The molecule has 122 valence electrons. The van der Waals surface area contributed by atoms with E-state index in [0.717, 1.165) is 12.8 Å². The summed E-state index contributed by atoms with van der Waals surface area (Å²) in [6.45, 7) is 2.78. The van der Waals surface area contributed by atoms with E-state index in [2.05, 4.69) is 72.9 Å². The number of allylic oxidation sites excluding steroid dienone is 2. The van der Waals surface area contributed by atoms with Gasteiger partial charge in [-0.1, -0.05) is 0 Å². The predicted octanol–water partition coefficient (Wildman–Crippen LogP) is 3.42. The van der Waals surface area contributed by atoms with Crippen molar-refractivity contribution in [1.29, 1.82) is 0 Å². The summed E-state index contributed by atoms with van der Waals surface area (Å²) in [5.74, 6) is 2.53. The van der Waals surface area contributed by atoms with Crippen LogP contribution in [0.2, 0.25) is 14.8 Å². The van der Waals surface area contributed by atoms with Crippen LogP contribution in [0.4, 0.5) is 0 Å². The van der Waals surface area contributed by atoms with Crippen molar-refractivity contribution in [3.63, 3.8) is 0 Å². The Labute approximate surface area is 146 Å². The Balaban J connectivity index is 2.00. The molecule has 0 unspecified atom stereocenters. The molecule has 1 saturated heterocycles. The first-order valence-electron chi connectivity index (χ1n) is 8.73. The van der Waals surface area contributed by atoms with Crippen molar-refractivity contribution in [1.82, 2.24) is 9.62 Å². The monoisotopic (exact) mass is 416 g/mol. The Bertz CT molecular complexity index is 635. The standard InChI is InChI=1S/C16H20BN2.3CH3.Sn/c1-13-10-14-6-4-5-7-15(14)11-16(13)12-17-18(2)8-9-19(17)3;;;;/h1,4-7,12H,8-11H2,2-3H3;3*1H3;/b13-1?,16-12+;;;;. The number of nitrogens with zero attached hydrogens (tertiary/aromatic N) is 2. The Morgan fingerprint density at radius 3 is 1.96 bits per heavy atom. The minimum atomic E-state index is -1.97. The Kier molecular flexibility index (Phi) is 5.10. The van der Waals surface area contributed by atoms with Crippen LogP contribution >= 0.6 is 0 Å². The number of hydrogen-bond donors (Lipinski definition) is 0. The summed E-state index contributed by atoms with van der Waals surface area (Å²) in [5.41, 5.74) is 6.23. The van der Waals surface area contributed by atoms with Gasteiger partial charge in [-0.15, -0.1) is 0 Å². The zero-order valence-corrected chi connectivity index (χ0v) is 18.1. The molecule has 1 aromatic carbocycles.